The molecule has 0 unspecified atom stereocenters. The molecule has 5 heterocycles. The van der Waals surface area contributed by atoms with Crippen LogP contribution in [-0.4, -0.2) is 96.4 Å². The molecule has 0 bridgehead atoms. The number of carbonyl (C=O) groups is 1. The van der Waals surface area contributed by atoms with E-state index in [0.29, 0.717) is 43.5 Å². The Balaban J connectivity index is 0.855. The van der Waals surface area contributed by atoms with Crippen molar-refractivity contribution in [2.45, 2.75) is 113 Å². The van der Waals surface area contributed by atoms with Gasteiger partial charge in [0, 0.05) is 55.8 Å². The lowest BCUT2D eigenvalue weighted by Crippen LogP contribution is -2.58. The molecule has 16 nitrogen and oxygen atoms in total. The van der Waals surface area contributed by atoms with E-state index in [4.69, 9.17) is 18.9 Å². The number of nitro benzene ring substituents is 1. The van der Waals surface area contributed by atoms with Gasteiger partial charge in [-0.05, 0) is 111 Å². The number of halogens is 1. The molecule has 366 valence electrons. The summed E-state index contributed by atoms with van der Waals surface area (Å²) in [7, 11) is -4.75. The van der Waals surface area contributed by atoms with Crippen LogP contribution in [0, 0.1) is 27.3 Å². The minimum absolute atomic E-state index is 0.00195. The number of nitro groups is 1. The summed E-state index contributed by atoms with van der Waals surface area (Å²) in [6, 6.07) is 17.7. The first-order valence-corrected chi connectivity index (χ1v) is 25.6. The summed E-state index contributed by atoms with van der Waals surface area (Å²) in [5, 5.41) is 22.9. The summed E-state index contributed by atoms with van der Waals surface area (Å²) in [6.45, 7) is 10.1. The largest absolute Gasteiger partial charge is 0.486 e. The Kier molecular flexibility index (Phi) is 12.6. The summed E-state index contributed by atoms with van der Waals surface area (Å²) in [5.41, 5.74) is 2.50. The predicted molar refractivity (Wildman–Crippen MR) is 255 cm³/mol. The highest BCUT2D eigenvalue weighted by Gasteiger charge is 2.50. The minimum atomic E-state index is -4.75. The van der Waals surface area contributed by atoms with Gasteiger partial charge in [0.15, 0.2) is 5.75 Å². The van der Waals surface area contributed by atoms with Crippen molar-refractivity contribution in [2.75, 3.05) is 44.4 Å². The second-order valence-corrected chi connectivity index (χ2v) is 22.0. The van der Waals surface area contributed by atoms with E-state index in [-0.39, 0.29) is 57.9 Å². The van der Waals surface area contributed by atoms with Crippen LogP contribution < -0.4 is 23.8 Å². The number of fused-ring (bicyclic) bond motifs is 2. The molecule has 4 fully saturated rings. The molecule has 69 heavy (non-hydrogen) atoms. The third-order valence-electron chi connectivity index (χ3n) is 15.3. The topological polar surface area (TPSA) is 199 Å². The van der Waals surface area contributed by atoms with E-state index in [1.165, 1.54) is 35.7 Å². The summed E-state index contributed by atoms with van der Waals surface area (Å²) < 4.78 is 68.9. The molecule has 2 atom stereocenters. The van der Waals surface area contributed by atoms with Crippen LogP contribution in [0.2, 0.25) is 0 Å². The summed E-state index contributed by atoms with van der Waals surface area (Å²) in [6.07, 6.45) is 9.57. The van der Waals surface area contributed by atoms with Crippen molar-refractivity contribution in [3.05, 3.63) is 106 Å². The molecular weight excluding hydrogens is 908 g/mol. The number of nitrogens with zero attached hydrogens (tertiary/aromatic N) is 4. The normalized spacial score (nSPS) is 24.0. The predicted octanol–water partition coefficient (Wildman–Crippen LogP) is 8.94. The number of benzene rings is 3. The standard InChI is InChI=1S/C51H59FN6O10S/c1-31(2)38-6-4-5-7-39(38)44-30-65-19-18-57(44)34-25-51(26-34)14-16-56(17-15-51)33-8-9-40(45(21-33)67-35-22-41-42(52)28-54-48(41)53-27-35)49(59)55-69(63,64)37-23-43(58(61)62)47-46(24-37)66-29-36(68-47)20-32-10-12-50(3,60)13-11-32/h4-9,21-24,27-28,31-32,34,36,44,60H,10-20,25-26,29-30H2,1-3H3,(H,53,54)(H,55,59)/t32-,36-,44+,50-/m1/s1. The molecule has 2 saturated heterocycles. The molecule has 5 aliphatic rings. The number of nitrogens with one attached hydrogen (secondary N) is 2. The lowest BCUT2D eigenvalue weighted by atomic mass is 9.59. The Morgan fingerprint density at radius 1 is 1.06 bits per heavy atom. The van der Waals surface area contributed by atoms with E-state index >= 15 is 0 Å². The zero-order valence-corrected chi connectivity index (χ0v) is 39.9. The quantitative estimate of drug-likeness (QED) is 0.0792. The van der Waals surface area contributed by atoms with Crippen LogP contribution in [0.15, 0.2) is 78.0 Å². The SMILES string of the molecule is CC(C)c1ccccc1[C@@H]1COCCN1C1CC2(CCN(c3ccc(C(=O)NS(=O)(=O)c4cc5c(c([N+](=O)[O-])c4)O[C@H](C[C@H]4CC[C@](C)(O)CC4)CO5)c(Oc4cnc5[nH]cc(F)c5c4)c3)CC2)C1. The fraction of sp³-hybridized carbons (Fsp3) is 0.490. The lowest BCUT2D eigenvalue weighted by Gasteiger charge is -2.57. The van der Waals surface area contributed by atoms with Crippen molar-refractivity contribution in [1.29, 1.82) is 0 Å². The number of aliphatic hydroxyl groups is 1. The van der Waals surface area contributed by atoms with E-state index < -0.39 is 49.0 Å². The van der Waals surface area contributed by atoms with Crippen molar-refractivity contribution < 1.29 is 46.6 Å². The van der Waals surface area contributed by atoms with Crippen LogP contribution in [0.1, 0.15) is 112 Å². The van der Waals surface area contributed by atoms with E-state index in [9.17, 15) is 32.8 Å². The van der Waals surface area contributed by atoms with Crippen LogP contribution in [0.25, 0.3) is 11.0 Å². The number of amides is 1. The van der Waals surface area contributed by atoms with Crippen LogP contribution in [0.4, 0.5) is 15.8 Å². The highest BCUT2D eigenvalue weighted by Crippen LogP contribution is 2.53. The number of aromatic nitrogens is 2. The first-order chi connectivity index (χ1) is 33.0. The molecule has 5 aromatic rings. The molecule has 2 aromatic heterocycles. The molecule has 3 N–H and O–H groups in total. The maximum Gasteiger partial charge on any atom is 0.316 e. The fourth-order valence-corrected chi connectivity index (χ4v) is 12.3. The van der Waals surface area contributed by atoms with Crippen molar-refractivity contribution in [2.24, 2.45) is 11.3 Å². The zero-order chi connectivity index (χ0) is 48.2. The average Bonchev–Trinajstić information content (AvgIpc) is 3.70. The summed E-state index contributed by atoms with van der Waals surface area (Å²) >= 11 is 0. The Morgan fingerprint density at radius 3 is 2.58 bits per heavy atom. The number of H-pyrrole nitrogens is 1. The van der Waals surface area contributed by atoms with Gasteiger partial charge in [0.25, 0.3) is 15.9 Å². The van der Waals surface area contributed by atoms with Gasteiger partial charge in [-0.1, -0.05) is 38.1 Å². The molecule has 3 aliphatic heterocycles. The Bertz CT molecular complexity index is 2860. The monoisotopic (exact) mass is 966 g/mol. The van der Waals surface area contributed by atoms with Gasteiger partial charge >= 0.3 is 5.69 Å². The fourth-order valence-electron chi connectivity index (χ4n) is 11.3. The Hall–Kier alpha value is -5.82. The van der Waals surface area contributed by atoms with Crippen LogP contribution in [0.3, 0.4) is 0 Å². The van der Waals surface area contributed by atoms with Crippen LogP contribution in [-0.2, 0) is 14.8 Å². The number of anilines is 1. The maximum absolute atomic E-state index is 14.7. The molecule has 10 rings (SSSR count). The molecule has 1 spiro atoms. The first kappa shape index (κ1) is 46.9. The summed E-state index contributed by atoms with van der Waals surface area (Å²) in [4.78, 5) is 37.1. The second-order valence-electron chi connectivity index (χ2n) is 20.3. The number of aromatic amines is 1. The number of rotatable bonds is 12. The van der Waals surface area contributed by atoms with Gasteiger partial charge in [-0.15, -0.1) is 0 Å². The van der Waals surface area contributed by atoms with Gasteiger partial charge < -0.3 is 33.9 Å². The van der Waals surface area contributed by atoms with E-state index in [0.717, 1.165) is 82.6 Å². The van der Waals surface area contributed by atoms with E-state index in [2.05, 4.69) is 62.6 Å². The van der Waals surface area contributed by atoms with Crippen molar-refractivity contribution in [3.63, 3.8) is 0 Å². The minimum Gasteiger partial charge on any atom is -0.486 e. The van der Waals surface area contributed by atoms with Crippen LogP contribution in [0.5, 0.6) is 23.0 Å². The maximum atomic E-state index is 14.7. The Labute approximate surface area is 400 Å². The van der Waals surface area contributed by atoms with Gasteiger partial charge in [-0.3, -0.25) is 19.8 Å². The lowest BCUT2D eigenvalue weighted by molar-refractivity contribution is -0.386. The number of carbonyl (C=O) groups excluding carboxylic acids is 1. The third kappa shape index (κ3) is 9.60. The number of ether oxygens (including phenoxy) is 4. The molecular formula is C51H59FN6O10S. The first-order valence-electron chi connectivity index (χ1n) is 24.1. The number of morpholine rings is 1. The molecule has 1 amide bonds. The highest BCUT2D eigenvalue weighted by molar-refractivity contribution is 7.90. The highest BCUT2D eigenvalue weighted by atomic mass is 32.2. The van der Waals surface area contributed by atoms with Gasteiger partial charge in [0.2, 0.25) is 5.75 Å². The third-order valence-corrected chi connectivity index (χ3v) is 16.6. The van der Waals surface area contributed by atoms with Gasteiger partial charge in [0.1, 0.15) is 35.7 Å². The van der Waals surface area contributed by atoms with E-state index in [1.807, 2.05) is 6.92 Å². The molecule has 0 radical (unpaired) electrons. The van der Waals surface area contributed by atoms with Crippen molar-refractivity contribution in [3.8, 4) is 23.0 Å². The number of pyridine rings is 1. The number of hydrogen-bond acceptors (Lipinski definition) is 13. The molecule has 2 aliphatic carbocycles. The number of sulfonamides is 1. The van der Waals surface area contributed by atoms with Gasteiger partial charge in [-0.25, -0.2) is 22.5 Å². The Morgan fingerprint density at radius 2 is 1.83 bits per heavy atom. The molecule has 18 heteroatoms. The second kappa shape index (κ2) is 18.5. The molecule has 2 saturated carbocycles. The van der Waals surface area contributed by atoms with Gasteiger partial charge in [-0.2, -0.15) is 0 Å². The average molecular weight is 967 g/mol. The van der Waals surface area contributed by atoms with Crippen molar-refractivity contribution in [1.82, 2.24) is 19.6 Å². The van der Waals surface area contributed by atoms with Crippen LogP contribution >= 0.6 is 0 Å². The van der Waals surface area contributed by atoms with Gasteiger partial charge in [0.05, 0.1) is 51.8 Å². The summed E-state index contributed by atoms with van der Waals surface area (Å²) in [5.74, 6) is -1.17. The van der Waals surface area contributed by atoms with E-state index in [1.54, 1.807) is 12.1 Å². The van der Waals surface area contributed by atoms with Crippen molar-refractivity contribution >= 4 is 38.3 Å². The molecule has 3 aromatic carbocycles. The number of hydrogen-bond donors (Lipinski definition) is 3. The smallest absolute Gasteiger partial charge is 0.316 e. The zero-order valence-electron chi connectivity index (χ0n) is 39.1. The number of piperidine rings is 1.